The van der Waals surface area contributed by atoms with E-state index in [4.69, 9.17) is 5.11 Å². The van der Waals surface area contributed by atoms with Gasteiger partial charge >= 0.3 is 0 Å². The molecule has 0 aliphatic rings. The second-order valence-electron chi connectivity index (χ2n) is 4.60. The van der Waals surface area contributed by atoms with Crippen molar-refractivity contribution in [1.29, 1.82) is 0 Å². The summed E-state index contributed by atoms with van der Waals surface area (Å²) in [6, 6.07) is 3.69. The monoisotopic (exact) mass is 300 g/mol. The molecule has 2 N–H and O–H groups in total. The Kier molecular flexibility index (Phi) is 5.09. The second kappa shape index (κ2) is 7.02. The smallest absolute Gasteiger partial charge is 0.265 e. The Morgan fingerprint density at radius 2 is 2.19 bits per heavy atom. The second-order valence-corrected chi connectivity index (χ2v) is 5.66. The van der Waals surface area contributed by atoms with Gasteiger partial charge in [-0.3, -0.25) is 9.78 Å². The van der Waals surface area contributed by atoms with E-state index in [1.807, 2.05) is 26.0 Å². The molecule has 2 aromatic heterocycles. The summed E-state index contributed by atoms with van der Waals surface area (Å²) in [4.78, 5) is 17.7. The van der Waals surface area contributed by atoms with Crippen molar-refractivity contribution < 1.29 is 9.90 Å². The maximum absolute atomic E-state index is 12.2. The molecule has 0 fully saturated rings. The van der Waals surface area contributed by atoms with E-state index < -0.39 is 0 Å². The Morgan fingerprint density at radius 3 is 2.90 bits per heavy atom. The third-order valence-electron chi connectivity index (χ3n) is 2.71. The largest absolute Gasteiger partial charge is 0.395 e. The number of carbonyl (C=O) groups excluding carboxylic acids is 1. The fourth-order valence-electron chi connectivity index (χ4n) is 1.73. The molecule has 2 aromatic rings. The molecule has 5 heteroatoms. The molecule has 2 heterocycles. The third-order valence-corrected chi connectivity index (χ3v) is 3.86. The number of aliphatic hydroxyl groups is 1. The number of pyridine rings is 1. The molecule has 0 spiro atoms. The van der Waals surface area contributed by atoms with E-state index in [0.717, 1.165) is 16.0 Å². The maximum atomic E-state index is 12.2. The zero-order valence-electron chi connectivity index (χ0n) is 11.9. The molecule has 4 nitrogen and oxygen atoms in total. The number of aromatic nitrogens is 1. The van der Waals surface area contributed by atoms with Crippen molar-refractivity contribution >= 4 is 22.9 Å². The van der Waals surface area contributed by atoms with Crippen LogP contribution in [0.1, 0.15) is 32.1 Å². The quantitative estimate of drug-likeness (QED) is 0.857. The van der Waals surface area contributed by atoms with E-state index in [2.05, 4.69) is 22.1 Å². The summed E-state index contributed by atoms with van der Waals surface area (Å²) in [5, 5.41) is 11.6. The lowest BCUT2D eigenvalue weighted by Gasteiger charge is -2.03. The first-order valence-electron chi connectivity index (χ1n) is 6.53. The summed E-state index contributed by atoms with van der Waals surface area (Å²) in [5.74, 6) is 5.69. The molecular weight excluding hydrogens is 284 g/mol. The third kappa shape index (κ3) is 4.15. The van der Waals surface area contributed by atoms with Crippen LogP contribution < -0.4 is 5.32 Å². The number of thiophene rings is 1. The number of aliphatic hydroxyl groups excluding tert-OH is 1. The van der Waals surface area contributed by atoms with E-state index in [0.29, 0.717) is 17.0 Å². The van der Waals surface area contributed by atoms with Crippen LogP contribution in [0.15, 0.2) is 24.5 Å². The first kappa shape index (κ1) is 15.2. The Balaban J connectivity index is 2.13. The molecular formula is C16H16N2O2S. The van der Waals surface area contributed by atoms with E-state index in [1.165, 1.54) is 11.3 Å². The van der Waals surface area contributed by atoms with Crippen molar-refractivity contribution in [2.24, 2.45) is 0 Å². The van der Waals surface area contributed by atoms with Gasteiger partial charge in [0.05, 0.1) is 28.2 Å². The summed E-state index contributed by atoms with van der Waals surface area (Å²) in [6.45, 7) is 3.89. The van der Waals surface area contributed by atoms with Crippen molar-refractivity contribution in [2.45, 2.75) is 20.3 Å². The van der Waals surface area contributed by atoms with Gasteiger partial charge in [-0.25, -0.2) is 0 Å². The predicted molar refractivity (Wildman–Crippen MR) is 84.6 cm³/mol. The minimum Gasteiger partial charge on any atom is -0.395 e. The molecule has 108 valence electrons. The van der Waals surface area contributed by atoms with Crippen LogP contribution in [-0.2, 0) is 0 Å². The van der Waals surface area contributed by atoms with Crippen molar-refractivity contribution in [3.63, 3.8) is 0 Å². The first-order valence-corrected chi connectivity index (χ1v) is 7.35. The van der Waals surface area contributed by atoms with Crippen LogP contribution in [0.5, 0.6) is 0 Å². The lowest BCUT2D eigenvalue weighted by atomic mass is 10.2. The van der Waals surface area contributed by atoms with Gasteiger partial charge in [0.1, 0.15) is 0 Å². The summed E-state index contributed by atoms with van der Waals surface area (Å²) in [7, 11) is 0. The van der Waals surface area contributed by atoms with Gasteiger partial charge in [-0.05, 0) is 37.1 Å². The van der Waals surface area contributed by atoms with Gasteiger partial charge in [0, 0.05) is 12.6 Å². The zero-order valence-corrected chi connectivity index (χ0v) is 12.8. The molecule has 0 unspecified atom stereocenters. The predicted octanol–water partition coefficient (Wildman–Crippen LogP) is 2.75. The van der Waals surface area contributed by atoms with E-state index in [9.17, 15) is 4.79 Å². The number of nitrogens with one attached hydrogen (secondary N) is 1. The number of nitrogens with zero attached hydrogens (tertiary/aromatic N) is 1. The van der Waals surface area contributed by atoms with Crippen LogP contribution in [0.3, 0.4) is 0 Å². The standard InChI is InChI=1S/C16H16N2O2S/c1-11-7-13(10-17-9-11)18-16(20)15-8-12(2)14(21-15)5-3-4-6-19/h7-10,19H,4,6H2,1-2H3,(H,18,20). The average molecular weight is 300 g/mol. The van der Waals surface area contributed by atoms with E-state index in [1.54, 1.807) is 12.4 Å². The Morgan fingerprint density at radius 1 is 1.38 bits per heavy atom. The minimum atomic E-state index is -0.161. The fraction of sp³-hybridized carbons (Fsp3) is 0.250. The summed E-state index contributed by atoms with van der Waals surface area (Å²) in [5.41, 5.74) is 2.64. The molecule has 0 aliphatic carbocycles. The molecule has 0 atom stereocenters. The fourth-order valence-corrected chi connectivity index (χ4v) is 2.68. The number of hydrogen-bond donors (Lipinski definition) is 2. The first-order chi connectivity index (χ1) is 10.1. The number of aryl methyl sites for hydroxylation is 2. The van der Waals surface area contributed by atoms with Crippen LogP contribution in [0.25, 0.3) is 0 Å². The summed E-state index contributed by atoms with van der Waals surface area (Å²) in [6.07, 6.45) is 3.79. The van der Waals surface area contributed by atoms with Crippen LogP contribution in [0.4, 0.5) is 5.69 Å². The zero-order chi connectivity index (χ0) is 15.2. The van der Waals surface area contributed by atoms with Crippen molar-refractivity contribution in [3.8, 4) is 11.8 Å². The van der Waals surface area contributed by atoms with Crippen LogP contribution >= 0.6 is 11.3 Å². The lowest BCUT2D eigenvalue weighted by molar-refractivity contribution is 0.103. The highest BCUT2D eigenvalue weighted by Gasteiger charge is 2.12. The molecule has 0 aliphatic heterocycles. The highest BCUT2D eigenvalue weighted by molar-refractivity contribution is 7.14. The summed E-state index contributed by atoms with van der Waals surface area (Å²) < 4.78 is 0. The average Bonchev–Trinajstić information content (AvgIpc) is 2.81. The number of rotatable bonds is 3. The van der Waals surface area contributed by atoms with E-state index in [-0.39, 0.29) is 12.5 Å². The topological polar surface area (TPSA) is 62.2 Å². The van der Waals surface area contributed by atoms with Gasteiger partial charge in [-0.2, -0.15) is 0 Å². The minimum absolute atomic E-state index is 0.0468. The van der Waals surface area contributed by atoms with Gasteiger partial charge < -0.3 is 10.4 Å². The molecule has 0 saturated carbocycles. The van der Waals surface area contributed by atoms with Crippen molar-refractivity contribution in [1.82, 2.24) is 4.98 Å². The molecule has 1 amide bonds. The normalized spacial score (nSPS) is 9.86. The number of hydrogen-bond acceptors (Lipinski definition) is 4. The molecule has 2 rings (SSSR count). The van der Waals surface area contributed by atoms with Gasteiger partial charge in [-0.1, -0.05) is 11.8 Å². The molecule has 0 saturated heterocycles. The van der Waals surface area contributed by atoms with Crippen molar-refractivity contribution in [3.05, 3.63) is 45.4 Å². The SMILES string of the molecule is Cc1cncc(NC(=O)c2cc(C)c(C#CCCO)s2)c1. The Bertz CT molecular complexity index is 711. The van der Waals surface area contributed by atoms with Crippen LogP contribution in [0, 0.1) is 25.7 Å². The van der Waals surface area contributed by atoms with E-state index >= 15 is 0 Å². The maximum Gasteiger partial charge on any atom is 0.265 e. The summed E-state index contributed by atoms with van der Waals surface area (Å²) >= 11 is 1.35. The molecule has 0 bridgehead atoms. The highest BCUT2D eigenvalue weighted by Crippen LogP contribution is 2.22. The Hall–Kier alpha value is -2.16. The number of anilines is 1. The number of amides is 1. The van der Waals surface area contributed by atoms with Gasteiger partial charge in [0.25, 0.3) is 5.91 Å². The molecule has 0 radical (unpaired) electrons. The van der Waals surface area contributed by atoms with Crippen LogP contribution in [-0.4, -0.2) is 22.6 Å². The number of carbonyl (C=O) groups is 1. The lowest BCUT2D eigenvalue weighted by Crippen LogP contribution is -2.10. The van der Waals surface area contributed by atoms with Gasteiger partial charge in [-0.15, -0.1) is 11.3 Å². The van der Waals surface area contributed by atoms with Crippen LogP contribution in [0.2, 0.25) is 0 Å². The Labute approximate surface area is 127 Å². The molecule has 21 heavy (non-hydrogen) atoms. The van der Waals surface area contributed by atoms with Gasteiger partial charge in [0.15, 0.2) is 0 Å². The highest BCUT2D eigenvalue weighted by atomic mass is 32.1. The molecule has 0 aromatic carbocycles. The van der Waals surface area contributed by atoms with Gasteiger partial charge in [0.2, 0.25) is 0 Å². The van der Waals surface area contributed by atoms with Crippen molar-refractivity contribution in [2.75, 3.05) is 11.9 Å².